The third kappa shape index (κ3) is 2.95. The smallest absolute Gasteiger partial charge is 0.335 e. The van der Waals surface area contributed by atoms with E-state index in [1.54, 1.807) is 24.3 Å². The second-order valence-electron chi connectivity index (χ2n) is 3.24. The number of hydrogen-bond acceptors (Lipinski definition) is 3. The largest absolute Gasteiger partial charge is 0.478 e. The molecular weight excluding hydrogens is 242 g/mol. The van der Waals surface area contributed by atoms with E-state index in [-0.39, 0.29) is 5.56 Å². The van der Waals surface area contributed by atoms with Gasteiger partial charge >= 0.3 is 5.97 Å². The SMILES string of the molecule is O=C(O)c1ccc(Oc2cc(Cl)ccn2)cc1. The number of carboxylic acids is 1. The molecule has 0 saturated heterocycles. The molecule has 86 valence electrons. The molecule has 2 rings (SSSR count). The van der Waals surface area contributed by atoms with Crippen LogP contribution in [-0.2, 0) is 0 Å². The van der Waals surface area contributed by atoms with Crippen LogP contribution in [-0.4, -0.2) is 16.1 Å². The molecule has 5 heteroatoms. The fraction of sp³-hybridized carbons (Fsp3) is 0. The maximum absolute atomic E-state index is 10.6. The van der Waals surface area contributed by atoms with Crippen molar-refractivity contribution in [2.45, 2.75) is 0 Å². The summed E-state index contributed by atoms with van der Waals surface area (Å²) < 4.78 is 5.41. The number of ether oxygens (including phenoxy) is 1. The summed E-state index contributed by atoms with van der Waals surface area (Å²) in [6.45, 7) is 0. The summed E-state index contributed by atoms with van der Waals surface area (Å²) >= 11 is 5.78. The molecule has 1 N–H and O–H groups in total. The number of carbonyl (C=O) groups is 1. The lowest BCUT2D eigenvalue weighted by Crippen LogP contribution is -1.95. The van der Waals surface area contributed by atoms with Crippen molar-refractivity contribution in [3.8, 4) is 11.6 Å². The number of rotatable bonds is 3. The number of aromatic carboxylic acids is 1. The lowest BCUT2D eigenvalue weighted by molar-refractivity contribution is 0.0697. The van der Waals surface area contributed by atoms with Crippen LogP contribution >= 0.6 is 11.6 Å². The first-order chi connectivity index (χ1) is 8.15. The van der Waals surface area contributed by atoms with Crippen LogP contribution in [0, 0.1) is 0 Å². The molecule has 0 amide bonds. The molecule has 0 aliphatic carbocycles. The van der Waals surface area contributed by atoms with Gasteiger partial charge < -0.3 is 9.84 Å². The van der Waals surface area contributed by atoms with Crippen molar-refractivity contribution in [1.82, 2.24) is 4.98 Å². The van der Waals surface area contributed by atoms with Crippen molar-refractivity contribution in [2.24, 2.45) is 0 Å². The van der Waals surface area contributed by atoms with E-state index in [0.717, 1.165) is 0 Å². The zero-order valence-corrected chi connectivity index (χ0v) is 9.39. The van der Waals surface area contributed by atoms with Gasteiger partial charge in [0.1, 0.15) is 5.75 Å². The first kappa shape index (κ1) is 11.4. The molecule has 1 aromatic heterocycles. The topological polar surface area (TPSA) is 59.4 Å². The molecule has 1 heterocycles. The Morgan fingerprint density at radius 3 is 2.53 bits per heavy atom. The van der Waals surface area contributed by atoms with Gasteiger partial charge in [-0.1, -0.05) is 11.6 Å². The second kappa shape index (κ2) is 4.84. The summed E-state index contributed by atoms with van der Waals surface area (Å²) in [5.74, 6) is -0.109. The molecule has 0 atom stereocenters. The number of hydrogen-bond donors (Lipinski definition) is 1. The molecule has 0 fully saturated rings. The van der Waals surface area contributed by atoms with Gasteiger partial charge in [0.15, 0.2) is 0 Å². The Morgan fingerprint density at radius 2 is 1.94 bits per heavy atom. The molecule has 4 nitrogen and oxygen atoms in total. The quantitative estimate of drug-likeness (QED) is 0.907. The predicted octanol–water partition coefficient (Wildman–Crippen LogP) is 3.23. The van der Waals surface area contributed by atoms with E-state index < -0.39 is 5.97 Å². The minimum absolute atomic E-state index is 0.205. The molecule has 0 aliphatic rings. The average molecular weight is 250 g/mol. The van der Waals surface area contributed by atoms with Crippen molar-refractivity contribution >= 4 is 17.6 Å². The summed E-state index contributed by atoms with van der Waals surface area (Å²) in [7, 11) is 0. The summed E-state index contributed by atoms with van der Waals surface area (Å²) in [5.41, 5.74) is 0.205. The number of aromatic nitrogens is 1. The third-order valence-corrected chi connectivity index (χ3v) is 2.26. The number of pyridine rings is 1. The van der Waals surface area contributed by atoms with Gasteiger partial charge in [-0.15, -0.1) is 0 Å². The van der Waals surface area contributed by atoms with Gasteiger partial charge in [-0.25, -0.2) is 9.78 Å². The van der Waals surface area contributed by atoms with Crippen LogP contribution in [0.1, 0.15) is 10.4 Å². The summed E-state index contributed by atoms with van der Waals surface area (Å²) in [6.07, 6.45) is 1.53. The highest BCUT2D eigenvalue weighted by molar-refractivity contribution is 6.30. The monoisotopic (exact) mass is 249 g/mol. The molecule has 17 heavy (non-hydrogen) atoms. The predicted molar refractivity (Wildman–Crippen MR) is 62.7 cm³/mol. The molecule has 0 aliphatic heterocycles. The van der Waals surface area contributed by atoms with Crippen molar-refractivity contribution in [2.75, 3.05) is 0 Å². The van der Waals surface area contributed by atoms with E-state index in [4.69, 9.17) is 21.4 Å². The standard InChI is InChI=1S/C12H8ClNO3/c13-9-5-6-14-11(7-9)17-10-3-1-8(2-4-10)12(15)16/h1-7H,(H,15,16). The van der Waals surface area contributed by atoms with Crippen molar-refractivity contribution < 1.29 is 14.6 Å². The Labute approximate surface area is 102 Å². The fourth-order valence-corrected chi connectivity index (χ4v) is 1.38. The van der Waals surface area contributed by atoms with E-state index in [1.807, 2.05) is 0 Å². The third-order valence-electron chi connectivity index (χ3n) is 2.02. The fourth-order valence-electron chi connectivity index (χ4n) is 1.23. The summed E-state index contributed by atoms with van der Waals surface area (Å²) in [4.78, 5) is 14.6. The average Bonchev–Trinajstić information content (AvgIpc) is 2.29. The zero-order chi connectivity index (χ0) is 12.3. The molecule has 0 bridgehead atoms. The van der Waals surface area contributed by atoms with Gasteiger partial charge in [-0.2, -0.15) is 0 Å². The molecule has 0 spiro atoms. The highest BCUT2D eigenvalue weighted by atomic mass is 35.5. The van der Waals surface area contributed by atoms with Crippen LogP contribution < -0.4 is 4.74 Å². The summed E-state index contributed by atoms with van der Waals surface area (Å²) in [5, 5.41) is 9.26. The minimum Gasteiger partial charge on any atom is -0.478 e. The van der Waals surface area contributed by atoms with Crippen LogP contribution in [0.5, 0.6) is 11.6 Å². The molecule has 0 saturated carbocycles. The molecule has 1 aromatic carbocycles. The van der Waals surface area contributed by atoms with Crippen LogP contribution in [0.3, 0.4) is 0 Å². The highest BCUT2D eigenvalue weighted by Gasteiger charge is 2.03. The van der Waals surface area contributed by atoms with Crippen molar-refractivity contribution in [3.05, 3.63) is 53.2 Å². The van der Waals surface area contributed by atoms with E-state index in [9.17, 15) is 4.79 Å². The first-order valence-electron chi connectivity index (χ1n) is 4.78. The van der Waals surface area contributed by atoms with E-state index in [0.29, 0.717) is 16.7 Å². The van der Waals surface area contributed by atoms with Crippen LogP contribution in [0.15, 0.2) is 42.6 Å². The zero-order valence-electron chi connectivity index (χ0n) is 8.63. The maximum atomic E-state index is 10.6. The number of nitrogens with zero attached hydrogens (tertiary/aromatic N) is 1. The normalized spacial score (nSPS) is 9.94. The lowest BCUT2D eigenvalue weighted by Gasteiger charge is -2.04. The number of carboxylic acid groups (broad SMARTS) is 1. The van der Waals surface area contributed by atoms with Crippen LogP contribution in [0.4, 0.5) is 0 Å². The van der Waals surface area contributed by atoms with Crippen molar-refractivity contribution in [1.29, 1.82) is 0 Å². The minimum atomic E-state index is -0.975. The van der Waals surface area contributed by atoms with Gasteiger partial charge in [-0.3, -0.25) is 0 Å². The van der Waals surface area contributed by atoms with Crippen LogP contribution in [0.25, 0.3) is 0 Å². The van der Waals surface area contributed by atoms with Gasteiger partial charge in [0.2, 0.25) is 5.88 Å². The lowest BCUT2D eigenvalue weighted by atomic mass is 10.2. The highest BCUT2D eigenvalue weighted by Crippen LogP contribution is 2.21. The number of halogens is 1. The molecule has 0 unspecified atom stereocenters. The molecule has 2 aromatic rings. The second-order valence-corrected chi connectivity index (χ2v) is 3.68. The van der Waals surface area contributed by atoms with Crippen LogP contribution in [0.2, 0.25) is 5.02 Å². The van der Waals surface area contributed by atoms with E-state index in [1.165, 1.54) is 18.3 Å². The van der Waals surface area contributed by atoms with Crippen molar-refractivity contribution in [3.63, 3.8) is 0 Å². The Balaban J connectivity index is 2.16. The Hall–Kier alpha value is -2.07. The molecule has 0 radical (unpaired) electrons. The number of benzene rings is 1. The Morgan fingerprint density at radius 1 is 1.24 bits per heavy atom. The summed E-state index contributed by atoms with van der Waals surface area (Å²) in [6, 6.07) is 9.26. The first-order valence-corrected chi connectivity index (χ1v) is 5.16. The van der Waals surface area contributed by atoms with E-state index in [2.05, 4.69) is 4.98 Å². The Kier molecular flexibility index (Phi) is 3.25. The Bertz CT molecular complexity index is 540. The van der Waals surface area contributed by atoms with Gasteiger partial charge in [0.05, 0.1) is 5.56 Å². The van der Waals surface area contributed by atoms with E-state index >= 15 is 0 Å². The molecular formula is C12H8ClNO3. The maximum Gasteiger partial charge on any atom is 0.335 e. The van der Waals surface area contributed by atoms with Gasteiger partial charge in [0, 0.05) is 17.3 Å². The van der Waals surface area contributed by atoms with Gasteiger partial charge in [-0.05, 0) is 30.3 Å². The van der Waals surface area contributed by atoms with Gasteiger partial charge in [0.25, 0.3) is 0 Å².